The van der Waals surface area contributed by atoms with Crippen LogP contribution in [-0.4, -0.2) is 37.1 Å². The zero-order valence-corrected chi connectivity index (χ0v) is 11.6. The molecule has 2 aliphatic heterocycles. The first-order valence-corrected chi connectivity index (χ1v) is 7.24. The van der Waals surface area contributed by atoms with Gasteiger partial charge in [0.05, 0.1) is 18.8 Å². The van der Waals surface area contributed by atoms with Gasteiger partial charge in [-0.2, -0.15) is 0 Å². The van der Waals surface area contributed by atoms with E-state index >= 15 is 0 Å². The van der Waals surface area contributed by atoms with Crippen molar-refractivity contribution in [3.8, 4) is 11.5 Å². The predicted molar refractivity (Wildman–Crippen MR) is 76.2 cm³/mol. The summed E-state index contributed by atoms with van der Waals surface area (Å²) in [7, 11) is 0. The Labute approximate surface area is 118 Å². The maximum Gasteiger partial charge on any atom is 0.257 e. The van der Waals surface area contributed by atoms with E-state index in [1.807, 2.05) is 4.90 Å². The molecule has 3 rings (SSSR count). The Balaban J connectivity index is 1.95. The molecule has 0 radical (unpaired) electrons. The number of likely N-dealkylation sites (tertiary alicyclic amines) is 1. The largest absolute Gasteiger partial charge is 0.489 e. The zero-order chi connectivity index (χ0) is 13.9. The molecule has 0 spiro atoms. The lowest BCUT2D eigenvalue weighted by Crippen LogP contribution is -2.35. The van der Waals surface area contributed by atoms with Crippen LogP contribution in [-0.2, 0) is 0 Å². The molecule has 2 aliphatic rings. The molecule has 5 nitrogen and oxygen atoms in total. The molecule has 108 valence electrons. The summed E-state index contributed by atoms with van der Waals surface area (Å²) < 4.78 is 11.4. The molecule has 0 bridgehead atoms. The number of rotatable bonds is 1. The minimum absolute atomic E-state index is 0.00116. The molecule has 2 heterocycles. The number of benzene rings is 1. The Bertz CT molecular complexity index is 510. The van der Waals surface area contributed by atoms with Crippen LogP contribution in [0.4, 0.5) is 5.69 Å². The summed E-state index contributed by atoms with van der Waals surface area (Å²) in [4.78, 5) is 14.6. The van der Waals surface area contributed by atoms with Gasteiger partial charge in [0, 0.05) is 31.3 Å². The number of fused-ring (bicyclic) bond motifs is 1. The van der Waals surface area contributed by atoms with Gasteiger partial charge < -0.3 is 20.1 Å². The Hall–Kier alpha value is -1.91. The Morgan fingerprint density at radius 2 is 1.80 bits per heavy atom. The molecule has 0 unspecified atom stereocenters. The number of nitrogen functional groups attached to an aromatic ring is 1. The Kier molecular flexibility index (Phi) is 3.67. The number of amides is 1. The van der Waals surface area contributed by atoms with Gasteiger partial charge in [-0.25, -0.2) is 0 Å². The average molecular weight is 276 g/mol. The molecule has 0 aromatic heterocycles. The summed E-state index contributed by atoms with van der Waals surface area (Å²) >= 11 is 0. The topological polar surface area (TPSA) is 64.8 Å². The molecule has 0 aliphatic carbocycles. The van der Waals surface area contributed by atoms with Crippen LogP contribution in [0.2, 0.25) is 0 Å². The van der Waals surface area contributed by atoms with Crippen LogP contribution in [0, 0.1) is 0 Å². The molecule has 1 saturated heterocycles. The van der Waals surface area contributed by atoms with E-state index in [4.69, 9.17) is 15.2 Å². The van der Waals surface area contributed by atoms with Crippen LogP contribution in [0.15, 0.2) is 12.1 Å². The van der Waals surface area contributed by atoms with Crippen molar-refractivity contribution >= 4 is 11.6 Å². The summed E-state index contributed by atoms with van der Waals surface area (Å²) in [5.74, 6) is 1.13. The highest BCUT2D eigenvalue weighted by Gasteiger charge is 2.25. The summed E-state index contributed by atoms with van der Waals surface area (Å²) in [5.41, 5.74) is 6.96. The minimum Gasteiger partial charge on any atom is -0.489 e. The molecule has 1 fully saturated rings. The first-order valence-electron chi connectivity index (χ1n) is 7.24. The first kappa shape index (κ1) is 13.1. The van der Waals surface area contributed by atoms with Gasteiger partial charge in [0.1, 0.15) is 0 Å². The fourth-order valence-electron chi connectivity index (χ4n) is 2.72. The van der Waals surface area contributed by atoms with Crippen molar-refractivity contribution in [2.75, 3.05) is 32.0 Å². The van der Waals surface area contributed by atoms with Crippen molar-refractivity contribution < 1.29 is 14.3 Å². The van der Waals surface area contributed by atoms with Gasteiger partial charge in [-0.3, -0.25) is 4.79 Å². The summed E-state index contributed by atoms with van der Waals surface area (Å²) in [6.07, 6.45) is 4.13. The normalized spacial score (nSPS) is 18.5. The number of hydrogen-bond donors (Lipinski definition) is 1. The van der Waals surface area contributed by atoms with Gasteiger partial charge in [0.2, 0.25) is 0 Å². The number of nitrogens with zero attached hydrogens (tertiary/aromatic N) is 1. The SMILES string of the molecule is Nc1cc2c(c(C(=O)N3CCCCC3)c1)OCCCO2. The minimum atomic E-state index is -0.00116. The van der Waals surface area contributed by atoms with Gasteiger partial charge in [-0.15, -0.1) is 0 Å². The molecule has 2 N–H and O–H groups in total. The van der Waals surface area contributed by atoms with E-state index in [1.54, 1.807) is 12.1 Å². The lowest BCUT2D eigenvalue weighted by molar-refractivity contribution is 0.0720. The monoisotopic (exact) mass is 276 g/mol. The van der Waals surface area contributed by atoms with Crippen molar-refractivity contribution in [3.63, 3.8) is 0 Å². The number of anilines is 1. The third-order valence-electron chi connectivity index (χ3n) is 3.74. The number of carbonyl (C=O) groups excluding carboxylic acids is 1. The van der Waals surface area contributed by atoms with E-state index in [0.717, 1.165) is 32.4 Å². The molecule has 0 saturated carbocycles. The summed E-state index contributed by atoms with van der Waals surface area (Å²) in [5, 5.41) is 0. The second-order valence-corrected chi connectivity index (χ2v) is 5.30. The zero-order valence-electron chi connectivity index (χ0n) is 11.6. The fourth-order valence-corrected chi connectivity index (χ4v) is 2.72. The maximum absolute atomic E-state index is 12.7. The highest BCUT2D eigenvalue weighted by Crippen LogP contribution is 2.36. The van der Waals surface area contributed by atoms with Crippen LogP contribution in [0.25, 0.3) is 0 Å². The van der Waals surface area contributed by atoms with E-state index in [-0.39, 0.29) is 5.91 Å². The van der Waals surface area contributed by atoms with Crippen molar-refractivity contribution in [2.45, 2.75) is 25.7 Å². The molecule has 1 amide bonds. The van der Waals surface area contributed by atoms with Crippen LogP contribution in [0.3, 0.4) is 0 Å². The maximum atomic E-state index is 12.7. The molecule has 0 atom stereocenters. The van der Waals surface area contributed by atoms with Crippen molar-refractivity contribution in [1.29, 1.82) is 0 Å². The van der Waals surface area contributed by atoms with Crippen LogP contribution < -0.4 is 15.2 Å². The van der Waals surface area contributed by atoms with Crippen molar-refractivity contribution in [2.24, 2.45) is 0 Å². The second kappa shape index (κ2) is 5.61. The fraction of sp³-hybridized carbons (Fsp3) is 0.533. The quantitative estimate of drug-likeness (QED) is 0.797. The summed E-state index contributed by atoms with van der Waals surface area (Å²) in [6, 6.07) is 3.43. The van der Waals surface area contributed by atoms with E-state index in [2.05, 4.69) is 0 Å². The predicted octanol–water partition coefficient (Wildman–Crippen LogP) is 2.06. The molecule has 1 aromatic carbocycles. The molecule has 20 heavy (non-hydrogen) atoms. The standard InChI is InChI=1S/C15H20N2O3/c16-11-9-12(15(18)17-5-2-1-3-6-17)14-13(10-11)19-7-4-8-20-14/h9-10H,1-8,16H2. The summed E-state index contributed by atoms with van der Waals surface area (Å²) in [6.45, 7) is 2.78. The van der Waals surface area contributed by atoms with Gasteiger partial charge in [0.25, 0.3) is 5.91 Å². The molecular weight excluding hydrogens is 256 g/mol. The van der Waals surface area contributed by atoms with E-state index in [1.165, 1.54) is 6.42 Å². The number of carbonyl (C=O) groups is 1. The van der Waals surface area contributed by atoms with E-state index < -0.39 is 0 Å². The van der Waals surface area contributed by atoms with Crippen molar-refractivity contribution in [3.05, 3.63) is 17.7 Å². The second-order valence-electron chi connectivity index (χ2n) is 5.30. The highest BCUT2D eigenvalue weighted by molar-refractivity contribution is 5.99. The van der Waals surface area contributed by atoms with Gasteiger partial charge in [-0.05, 0) is 25.3 Å². The van der Waals surface area contributed by atoms with E-state index in [9.17, 15) is 4.79 Å². The number of piperidine rings is 1. The third kappa shape index (κ3) is 2.53. The van der Waals surface area contributed by atoms with Crippen LogP contribution in [0.5, 0.6) is 11.5 Å². The van der Waals surface area contributed by atoms with Gasteiger partial charge in [-0.1, -0.05) is 0 Å². The Morgan fingerprint density at radius 1 is 1.05 bits per heavy atom. The van der Waals surface area contributed by atoms with Gasteiger partial charge >= 0.3 is 0 Å². The first-order chi connectivity index (χ1) is 9.75. The molecule has 5 heteroatoms. The van der Waals surface area contributed by atoms with Crippen molar-refractivity contribution in [1.82, 2.24) is 4.90 Å². The lowest BCUT2D eigenvalue weighted by Gasteiger charge is -2.27. The van der Waals surface area contributed by atoms with Gasteiger partial charge in [0.15, 0.2) is 11.5 Å². The molecule has 1 aromatic rings. The number of ether oxygens (including phenoxy) is 2. The van der Waals surface area contributed by atoms with Crippen LogP contribution >= 0.6 is 0 Å². The Morgan fingerprint density at radius 3 is 2.60 bits per heavy atom. The number of nitrogens with two attached hydrogens (primary N) is 1. The lowest BCUT2D eigenvalue weighted by atomic mass is 10.1. The number of hydrogen-bond acceptors (Lipinski definition) is 4. The van der Waals surface area contributed by atoms with E-state index in [0.29, 0.717) is 36.0 Å². The molecular formula is C15H20N2O3. The third-order valence-corrected chi connectivity index (χ3v) is 3.74. The smallest absolute Gasteiger partial charge is 0.257 e. The average Bonchev–Trinajstić information content (AvgIpc) is 2.71. The highest BCUT2D eigenvalue weighted by atomic mass is 16.5. The van der Waals surface area contributed by atoms with Crippen LogP contribution in [0.1, 0.15) is 36.0 Å².